The lowest BCUT2D eigenvalue weighted by Gasteiger charge is -2.31. The van der Waals surface area contributed by atoms with Crippen LogP contribution in [0.25, 0.3) is 0 Å². The summed E-state index contributed by atoms with van der Waals surface area (Å²) in [6.45, 7) is 6.11. The van der Waals surface area contributed by atoms with Crippen LogP contribution in [0.15, 0.2) is 41.9 Å². The molecular weight excluding hydrogens is 627 g/mol. The average Bonchev–Trinajstić information content (AvgIpc) is 3.45. The SMILES string of the molecule is COC1CCC(C[C@H](NC(=O)[C@H](CC(C)C)NC(=O)c2cnc(C)s2)C(=O)N[C@H](/C=C/S(C)(=O)=O)Cc2ccc(CN)cc2)CC1. The van der Waals surface area contributed by atoms with Gasteiger partial charge < -0.3 is 26.4 Å². The maximum absolute atomic E-state index is 13.9. The van der Waals surface area contributed by atoms with E-state index in [0.717, 1.165) is 53.5 Å². The summed E-state index contributed by atoms with van der Waals surface area (Å²) in [7, 11) is -1.76. The quantitative estimate of drug-likeness (QED) is 0.210. The number of nitrogens with two attached hydrogens (primary N) is 1. The van der Waals surface area contributed by atoms with Crippen molar-refractivity contribution < 1.29 is 27.5 Å². The fourth-order valence-corrected chi connectivity index (χ4v) is 6.75. The lowest BCUT2D eigenvalue weighted by molar-refractivity contribution is -0.131. The molecule has 3 rings (SSSR count). The number of nitrogens with one attached hydrogen (secondary N) is 3. The molecule has 0 spiro atoms. The molecule has 1 aromatic heterocycles. The maximum Gasteiger partial charge on any atom is 0.263 e. The molecule has 3 amide bonds. The summed E-state index contributed by atoms with van der Waals surface area (Å²) in [4.78, 5) is 45.2. The van der Waals surface area contributed by atoms with Crippen molar-refractivity contribution in [1.82, 2.24) is 20.9 Å². The molecule has 3 atom stereocenters. The topological polar surface area (TPSA) is 170 Å². The smallest absolute Gasteiger partial charge is 0.263 e. The number of aromatic nitrogens is 1. The molecule has 1 aliphatic rings. The highest BCUT2D eigenvalue weighted by molar-refractivity contribution is 7.93. The van der Waals surface area contributed by atoms with Gasteiger partial charge in [-0.2, -0.15) is 0 Å². The van der Waals surface area contributed by atoms with Gasteiger partial charge in [0.15, 0.2) is 9.84 Å². The van der Waals surface area contributed by atoms with E-state index < -0.39 is 45.7 Å². The number of sulfone groups is 1. The van der Waals surface area contributed by atoms with Gasteiger partial charge in [0, 0.05) is 25.3 Å². The van der Waals surface area contributed by atoms with Crippen LogP contribution in [0.4, 0.5) is 0 Å². The van der Waals surface area contributed by atoms with Crippen LogP contribution < -0.4 is 21.7 Å². The predicted molar refractivity (Wildman–Crippen MR) is 181 cm³/mol. The Morgan fingerprint density at radius 2 is 1.65 bits per heavy atom. The van der Waals surface area contributed by atoms with Crippen LogP contribution in [0.5, 0.6) is 0 Å². The molecule has 0 saturated heterocycles. The fourth-order valence-electron chi connectivity index (χ4n) is 5.59. The lowest BCUT2D eigenvalue weighted by atomic mass is 9.83. The summed E-state index contributed by atoms with van der Waals surface area (Å²) in [5.74, 6) is -0.996. The fraction of sp³-hybridized carbons (Fsp3) is 0.576. The van der Waals surface area contributed by atoms with E-state index in [0.29, 0.717) is 30.7 Å². The van der Waals surface area contributed by atoms with Gasteiger partial charge in [-0.15, -0.1) is 11.3 Å². The Morgan fingerprint density at radius 3 is 2.20 bits per heavy atom. The molecule has 0 radical (unpaired) electrons. The van der Waals surface area contributed by atoms with E-state index >= 15 is 0 Å². The Kier molecular flexibility index (Phi) is 14.4. The number of hydrogen-bond acceptors (Lipinski definition) is 9. The van der Waals surface area contributed by atoms with Gasteiger partial charge in [-0.3, -0.25) is 14.4 Å². The zero-order valence-electron chi connectivity index (χ0n) is 27.5. The molecule has 0 aliphatic heterocycles. The number of benzene rings is 1. The third-order valence-electron chi connectivity index (χ3n) is 8.10. The van der Waals surface area contributed by atoms with Crippen LogP contribution in [0.3, 0.4) is 0 Å². The molecule has 1 aromatic carbocycles. The van der Waals surface area contributed by atoms with Crippen LogP contribution >= 0.6 is 11.3 Å². The molecule has 1 fully saturated rings. The van der Waals surface area contributed by atoms with Gasteiger partial charge in [0.1, 0.15) is 17.0 Å². The number of hydrogen-bond donors (Lipinski definition) is 4. The zero-order valence-corrected chi connectivity index (χ0v) is 29.1. The molecule has 1 aliphatic carbocycles. The average molecular weight is 676 g/mol. The molecule has 5 N–H and O–H groups in total. The summed E-state index contributed by atoms with van der Waals surface area (Å²) in [5, 5.41) is 10.6. The molecule has 13 heteroatoms. The Labute approximate surface area is 277 Å². The van der Waals surface area contributed by atoms with Crippen molar-refractivity contribution in [1.29, 1.82) is 0 Å². The van der Waals surface area contributed by atoms with Gasteiger partial charge in [-0.25, -0.2) is 13.4 Å². The largest absolute Gasteiger partial charge is 0.381 e. The third-order valence-corrected chi connectivity index (χ3v) is 9.67. The third kappa shape index (κ3) is 12.6. The van der Waals surface area contributed by atoms with E-state index in [1.165, 1.54) is 23.6 Å². The normalized spacial score (nSPS) is 19.0. The summed E-state index contributed by atoms with van der Waals surface area (Å²) in [6.07, 6.45) is 8.75. The number of ether oxygens (including phenoxy) is 1. The summed E-state index contributed by atoms with van der Waals surface area (Å²) in [5.41, 5.74) is 7.57. The number of rotatable bonds is 16. The standard InChI is InChI=1S/C33H49N5O6S2/c1-21(2)16-28(38-33(41)30-20-35-22(3)45-30)32(40)37-29(18-24-10-12-27(44-4)13-11-24)31(39)36-26(14-15-46(5,42)43)17-23-6-8-25(19-34)9-7-23/h6-9,14-15,20-21,24,26-29H,10-13,16-19,34H2,1-5H3,(H,36,39)(H,37,40)(H,38,41)/b15-14+/t24?,26-,27?,28+,29+/m1/s1. The molecule has 1 saturated carbocycles. The molecule has 46 heavy (non-hydrogen) atoms. The van der Waals surface area contributed by atoms with Crippen LogP contribution in [-0.2, 0) is 37.1 Å². The van der Waals surface area contributed by atoms with Crippen LogP contribution in [-0.4, -0.2) is 68.7 Å². The van der Waals surface area contributed by atoms with Crippen molar-refractivity contribution in [2.75, 3.05) is 13.4 Å². The molecule has 0 unspecified atom stereocenters. The number of nitrogens with zero attached hydrogens (tertiary/aromatic N) is 1. The van der Waals surface area contributed by atoms with Crippen molar-refractivity contribution in [2.45, 2.75) is 96.5 Å². The van der Waals surface area contributed by atoms with Crippen molar-refractivity contribution in [3.8, 4) is 0 Å². The van der Waals surface area contributed by atoms with Crippen molar-refractivity contribution in [3.05, 3.63) is 63.0 Å². The number of thiazole rings is 1. The number of carbonyl (C=O) groups excluding carboxylic acids is 3. The van der Waals surface area contributed by atoms with E-state index in [1.807, 2.05) is 38.1 Å². The summed E-state index contributed by atoms with van der Waals surface area (Å²) in [6, 6.07) is 5.16. The molecule has 0 bridgehead atoms. The molecule has 254 valence electrons. The molecule has 11 nitrogen and oxygen atoms in total. The molecule has 1 heterocycles. The predicted octanol–water partition coefficient (Wildman–Crippen LogP) is 3.42. The second-order valence-corrected chi connectivity index (χ2v) is 15.7. The second-order valence-electron chi connectivity index (χ2n) is 12.6. The first-order valence-corrected chi connectivity index (χ1v) is 18.6. The monoisotopic (exact) mass is 675 g/mol. The number of aryl methyl sites for hydroxylation is 1. The highest BCUT2D eigenvalue weighted by atomic mass is 32.2. The van der Waals surface area contributed by atoms with Crippen LogP contribution in [0, 0.1) is 18.8 Å². The van der Waals surface area contributed by atoms with Gasteiger partial charge in [0.2, 0.25) is 11.8 Å². The number of amides is 3. The first kappa shape index (κ1) is 37.3. The number of methoxy groups -OCH3 is 1. The first-order chi connectivity index (χ1) is 21.8. The van der Waals surface area contributed by atoms with E-state index in [9.17, 15) is 22.8 Å². The Morgan fingerprint density at radius 1 is 1.02 bits per heavy atom. The van der Waals surface area contributed by atoms with Gasteiger partial charge in [0.05, 0.1) is 23.4 Å². The highest BCUT2D eigenvalue weighted by Gasteiger charge is 2.32. The van der Waals surface area contributed by atoms with Crippen LogP contribution in [0.2, 0.25) is 0 Å². The van der Waals surface area contributed by atoms with Crippen molar-refractivity contribution in [2.24, 2.45) is 17.6 Å². The van der Waals surface area contributed by atoms with Gasteiger partial charge in [-0.1, -0.05) is 44.2 Å². The minimum atomic E-state index is -3.46. The van der Waals surface area contributed by atoms with E-state index in [1.54, 1.807) is 14.0 Å². The highest BCUT2D eigenvalue weighted by Crippen LogP contribution is 2.29. The molecular formula is C33H49N5O6S2. The Hall–Kier alpha value is -3.13. The minimum Gasteiger partial charge on any atom is -0.381 e. The van der Waals surface area contributed by atoms with Gasteiger partial charge >= 0.3 is 0 Å². The first-order valence-electron chi connectivity index (χ1n) is 15.8. The lowest BCUT2D eigenvalue weighted by Crippen LogP contribution is -2.55. The van der Waals surface area contributed by atoms with E-state index in [4.69, 9.17) is 10.5 Å². The van der Waals surface area contributed by atoms with Crippen molar-refractivity contribution in [3.63, 3.8) is 0 Å². The maximum atomic E-state index is 13.9. The van der Waals surface area contributed by atoms with E-state index in [-0.39, 0.29) is 17.9 Å². The summed E-state index contributed by atoms with van der Waals surface area (Å²) >= 11 is 1.24. The minimum absolute atomic E-state index is 0.0898. The van der Waals surface area contributed by atoms with E-state index in [2.05, 4.69) is 20.9 Å². The Balaban J connectivity index is 1.84. The second kappa shape index (κ2) is 17.7. The van der Waals surface area contributed by atoms with Crippen LogP contribution in [0.1, 0.15) is 78.2 Å². The Bertz CT molecular complexity index is 1430. The molecule has 2 aromatic rings. The van der Waals surface area contributed by atoms with Crippen molar-refractivity contribution >= 4 is 38.9 Å². The zero-order chi connectivity index (χ0) is 33.9. The summed E-state index contributed by atoms with van der Waals surface area (Å²) < 4.78 is 29.5. The number of carbonyl (C=O) groups is 3. The van der Waals surface area contributed by atoms with Gasteiger partial charge in [-0.05, 0) is 74.8 Å². The van der Waals surface area contributed by atoms with Gasteiger partial charge in [0.25, 0.3) is 5.91 Å².